The molecule has 0 bridgehead atoms. The van der Waals surface area contributed by atoms with Crippen molar-refractivity contribution in [1.29, 1.82) is 0 Å². The van der Waals surface area contributed by atoms with Crippen molar-refractivity contribution in [3.8, 4) is 0 Å². The molecule has 0 spiro atoms. The molecule has 0 aliphatic carbocycles. The van der Waals surface area contributed by atoms with Gasteiger partial charge >= 0.3 is 0 Å². The number of benzene rings is 3. The van der Waals surface area contributed by atoms with Gasteiger partial charge in [-0.05, 0) is 72.9 Å². The number of unbranched alkanes of at least 4 members (excludes halogenated alkanes) is 1. The van der Waals surface area contributed by atoms with Crippen LogP contribution in [0.5, 0.6) is 0 Å². The highest BCUT2D eigenvalue weighted by Gasteiger charge is 2.39. The Morgan fingerprint density at radius 2 is 1.56 bits per heavy atom. The summed E-state index contributed by atoms with van der Waals surface area (Å²) in [6, 6.07) is 21.7. The van der Waals surface area contributed by atoms with Crippen LogP contribution in [0.15, 0.2) is 83.5 Å². The third-order valence-corrected chi connectivity index (χ3v) is 6.41. The molecule has 1 heterocycles. The number of anilines is 3. The second-order valence-electron chi connectivity index (χ2n) is 8.62. The minimum atomic E-state index is -0.593. The van der Waals surface area contributed by atoms with Crippen LogP contribution in [0, 0.1) is 0 Å². The Labute approximate surface area is 216 Å². The predicted molar refractivity (Wildman–Crippen MR) is 144 cm³/mol. The Bertz CT molecular complexity index is 1310. The van der Waals surface area contributed by atoms with E-state index in [-0.39, 0.29) is 16.6 Å². The lowest BCUT2D eigenvalue weighted by Gasteiger charge is -2.15. The van der Waals surface area contributed by atoms with Crippen LogP contribution in [0.3, 0.4) is 0 Å². The summed E-state index contributed by atoms with van der Waals surface area (Å²) in [5, 5.41) is 5.63. The first kappa shape index (κ1) is 25.2. The summed E-state index contributed by atoms with van der Waals surface area (Å²) < 4.78 is 0. The molecular formula is C29H28ClN3O3. The summed E-state index contributed by atoms with van der Waals surface area (Å²) in [5.41, 5.74) is 4.32. The molecule has 36 heavy (non-hydrogen) atoms. The van der Waals surface area contributed by atoms with Crippen LogP contribution in [0.1, 0.15) is 48.2 Å². The van der Waals surface area contributed by atoms with E-state index in [4.69, 9.17) is 11.6 Å². The van der Waals surface area contributed by atoms with Crippen LogP contribution in [-0.2, 0) is 22.4 Å². The van der Waals surface area contributed by atoms with Crippen molar-refractivity contribution >= 4 is 46.4 Å². The van der Waals surface area contributed by atoms with Crippen molar-refractivity contribution in [1.82, 2.24) is 0 Å². The van der Waals surface area contributed by atoms with Crippen LogP contribution in [0.25, 0.3) is 0 Å². The lowest BCUT2D eigenvalue weighted by atomic mass is 10.1. The standard InChI is InChI=1S/C29H28ClN3O3/c1-3-5-7-20-10-14-22(15-11-20)32-27(34)21-8-6-9-23(18-21)31-26-25(30)28(35)33(29(26)36)24-16-12-19(4-2)13-17-24/h6,8-18,31H,3-5,7H2,1-2H3,(H,32,34). The van der Waals surface area contributed by atoms with Gasteiger partial charge in [-0.25, -0.2) is 4.90 Å². The average molecular weight is 502 g/mol. The first-order valence-electron chi connectivity index (χ1n) is 12.1. The molecule has 3 aromatic rings. The van der Waals surface area contributed by atoms with E-state index in [0.29, 0.717) is 22.6 Å². The molecule has 184 valence electrons. The highest BCUT2D eigenvalue weighted by atomic mass is 35.5. The fourth-order valence-electron chi connectivity index (χ4n) is 3.95. The molecule has 6 nitrogen and oxygen atoms in total. The van der Waals surface area contributed by atoms with E-state index in [1.165, 1.54) is 5.56 Å². The Morgan fingerprint density at radius 3 is 2.22 bits per heavy atom. The van der Waals surface area contributed by atoms with E-state index in [9.17, 15) is 14.4 Å². The van der Waals surface area contributed by atoms with E-state index < -0.39 is 11.8 Å². The van der Waals surface area contributed by atoms with Gasteiger partial charge in [0.25, 0.3) is 17.7 Å². The van der Waals surface area contributed by atoms with Gasteiger partial charge in [-0.3, -0.25) is 14.4 Å². The molecule has 2 N–H and O–H groups in total. The number of aryl methyl sites for hydroxylation is 2. The molecule has 0 radical (unpaired) electrons. The monoisotopic (exact) mass is 501 g/mol. The van der Waals surface area contributed by atoms with Crippen molar-refractivity contribution in [3.63, 3.8) is 0 Å². The highest BCUT2D eigenvalue weighted by molar-refractivity contribution is 6.53. The second kappa shape index (κ2) is 11.2. The SMILES string of the molecule is CCCCc1ccc(NC(=O)c2cccc(NC3=C(Cl)C(=O)N(c4ccc(CC)cc4)C3=O)c2)cc1. The van der Waals surface area contributed by atoms with Gasteiger partial charge in [0.2, 0.25) is 0 Å². The maximum Gasteiger partial charge on any atom is 0.283 e. The number of halogens is 1. The molecular weight excluding hydrogens is 474 g/mol. The number of nitrogens with one attached hydrogen (secondary N) is 2. The van der Waals surface area contributed by atoms with Gasteiger partial charge in [0.15, 0.2) is 0 Å². The highest BCUT2D eigenvalue weighted by Crippen LogP contribution is 2.30. The first-order chi connectivity index (χ1) is 17.4. The molecule has 4 rings (SSSR count). The Morgan fingerprint density at radius 1 is 0.861 bits per heavy atom. The van der Waals surface area contributed by atoms with E-state index in [1.807, 2.05) is 43.3 Å². The molecule has 3 amide bonds. The van der Waals surface area contributed by atoms with E-state index in [2.05, 4.69) is 17.6 Å². The topological polar surface area (TPSA) is 78.5 Å². The molecule has 0 saturated heterocycles. The lowest BCUT2D eigenvalue weighted by Crippen LogP contribution is -2.32. The number of carbonyl (C=O) groups is 3. The van der Waals surface area contributed by atoms with Gasteiger partial charge in [0.05, 0.1) is 5.69 Å². The maximum atomic E-state index is 13.1. The van der Waals surface area contributed by atoms with Gasteiger partial charge in [-0.2, -0.15) is 0 Å². The molecule has 1 aliphatic rings. The van der Waals surface area contributed by atoms with Crippen molar-refractivity contribution in [3.05, 3.63) is 100 Å². The fourth-order valence-corrected chi connectivity index (χ4v) is 4.16. The summed E-state index contributed by atoms with van der Waals surface area (Å²) in [6.45, 7) is 4.18. The maximum absolute atomic E-state index is 13.1. The van der Waals surface area contributed by atoms with Crippen molar-refractivity contribution < 1.29 is 14.4 Å². The van der Waals surface area contributed by atoms with Gasteiger partial charge < -0.3 is 10.6 Å². The Balaban J connectivity index is 1.46. The molecule has 7 heteroatoms. The van der Waals surface area contributed by atoms with Gasteiger partial charge in [0.1, 0.15) is 10.7 Å². The summed E-state index contributed by atoms with van der Waals surface area (Å²) in [5.74, 6) is -1.43. The quantitative estimate of drug-likeness (QED) is 0.338. The summed E-state index contributed by atoms with van der Waals surface area (Å²) in [6.07, 6.45) is 4.12. The summed E-state index contributed by atoms with van der Waals surface area (Å²) >= 11 is 6.26. The third-order valence-electron chi connectivity index (χ3n) is 6.05. The molecule has 0 fully saturated rings. The zero-order valence-corrected chi connectivity index (χ0v) is 21.1. The predicted octanol–water partition coefficient (Wildman–Crippen LogP) is 6.28. The summed E-state index contributed by atoms with van der Waals surface area (Å²) in [7, 11) is 0. The molecule has 1 aliphatic heterocycles. The minimum Gasteiger partial charge on any atom is -0.350 e. The number of imide groups is 1. The second-order valence-corrected chi connectivity index (χ2v) is 8.99. The number of carbonyl (C=O) groups excluding carboxylic acids is 3. The molecule has 3 aromatic carbocycles. The number of amides is 3. The average Bonchev–Trinajstić information content (AvgIpc) is 3.11. The van der Waals surface area contributed by atoms with Crippen LogP contribution < -0.4 is 15.5 Å². The number of rotatable bonds is 9. The first-order valence-corrected chi connectivity index (χ1v) is 12.4. The normalized spacial score (nSPS) is 13.4. The number of hydrogen-bond acceptors (Lipinski definition) is 4. The zero-order valence-electron chi connectivity index (χ0n) is 20.3. The van der Waals surface area contributed by atoms with Crippen LogP contribution >= 0.6 is 11.6 Å². The molecule has 0 atom stereocenters. The zero-order chi connectivity index (χ0) is 25.7. The fraction of sp³-hybridized carbons (Fsp3) is 0.207. The van der Waals surface area contributed by atoms with Crippen molar-refractivity contribution in [2.75, 3.05) is 15.5 Å². The van der Waals surface area contributed by atoms with E-state index in [1.54, 1.807) is 36.4 Å². The van der Waals surface area contributed by atoms with Crippen LogP contribution in [0.2, 0.25) is 0 Å². The van der Waals surface area contributed by atoms with E-state index >= 15 is 0 Å². The summed E-state index contributed by atoms with van der Waals surface area (Å²) in [4.78, 5) is 39.7. The van der Waals surface area contributed by atoms with E-state index in [0.717, 1.165) is 36.1 Å². The molecule has 0 aromatic heterocycles. The van der Waals surface area contributed by atoms with Crippen LogP contribution in [-0.4, -0.2) is 17.7 Å². The lowest BCUT2D eigenvalue weighted by molar-refractivity contribution is -0.120. The Kier molecular flexibility index (Phi) is 7.86. The number of nitrogens with zero attached hydrogens (tertiary/aromatic N) is 1. The third kappa shape index (κ3) is 5.50. The van der Waals surface area contributed by atoms with Gasteiger partial charge in [-0.15, -0.1) is 0 Å². The van der Waals surface area contributed by atoms with Gasteiger partial charge in [-0.1, -0.05) is 62.2 Å². The number of hydrogen-bond donors (Lipinski definition) is 2. The Hall–Kier alpha value is -3.90. The smallest absolute Gasteiger partial charge is 0.283 e. The van der Waals surface area contributed by atoms with Crippen LogP contribution in [0.4, 0.5) is 17.1 Å². The van der Waals surface area contributed by atoms with Gasteiger partial charge in [0, 0.05) is 16.9 Å². The van der Waals surface area contributed by atoms with Crippen molar-refractivity contribution in [2.24, 2.45) is 0 Å². The molecule has 0 unspecified atom stereocenters. The molecule has 0 saturated carbocycles. The van der Waals surface area contributed by atoms with Crippen molar-refractivity contribution in [2.45, 2.75) is 39.5 Å². The largest absolute Gasteiger partial charge is 0.350 e. The minimum absolute atomic E-state index is 0.0264.